The van der Waals surface area contributed by atoms with Crippen LogP contribution in [0.15, 0.2) is 66.2 Å². The number of carbonyl (C=O) groups excluding carboxylic acids is 2. The highest BCUT2D eigenvalue weighted by atomic mass is 16.5. The minimum atomic E-state index is -0.995. The van der Waals surface area contributed by atoms with Crippen LogP contribution < -0.4 is 19.1 Å². The lowest BCUT2D eigenvalue weighted by Gasteiger charge is -2.26. The zero-order chi connectivity index (χ0) is 29.0. The number of Topliss-reactive ketones (excluding diaryl/α,β-unsaturated/α-hetero) is 1. The highest BCUT2D eigenvalue weighted by Crippen LogP contribution is 2.45. The van der Waals surface area contributed by atoms with E-state index < -0.39 is 17.7 Å². The van der Waals surface area contributed by atoms with E-state index in [1.165, 1.54) is 11.0 Å². The smallest absolute Gasteiger partial charge is 0.300 e. The summed E-state index contributed by atoms with van der Waals surface area (Å²) in [7, 11) is 0. The van der Waals surface area contributed by atoms with Crippen molar-refractivity contribution in [1.82, 2.24) is 0 Å². The molecule has 2 N–H and O–H groups in total. The van der Waals surface area contributed by atoms with E-state index in [-0.39, 0.29) is 34.3 Å². The van der Waals surface area contributed by atoms with Crippen LogP contribution in [0.3, 0.4) is 0 Å². The molecule has 1 heterocycles. The predicted octanol–water partition coefficient (Wildman–Crippen LogP) is 6.34. The molecule has 0 radical (unpaired) electrons. The van der Waals surface area contributed by atoms with Crippen molar-refractivity contribution in [1.29, 1.82) is 0 Å². The number of hydrogen-bond donors (Lipinski definition) is 2. The van der Waals surface area contributed by atoms with Crippen molar-refractivity contribution in [3.05, 3.63) is 82.9 Å². The van der Waals surface area contributed by atoms with Crippen LogP contribution >= 0.6 is 0 Å². The molecule has 0 bridgehead atoms. The predicted molar refractivity (Wildman–Crippen MR) is 153 cm³/mol. The summed E-state index contributed by atoms with van der Waals surface area (Å²) < 4.78 is 17.0. The first kappa shape index (κ1) is 28.5. The van der Waals surface area contributed by atoms with Crippen LogP contribution in [-0.4, -0.2) is 41.7 Å². The van der Waals surface area contributed by atoms with Gasteiger partial charge < -0.3 is 24.4 Å². The number of anilines is 1. The molecule has 8 heteroatoms. The third-order valence-electron chi connectivity index (χ3n) is 6.70. The Morgan fingerprint density at radius 1 is 0.850 bits per heavy atom. The first-order valence-electron chi connectivity index (χ1n) is 13.5. The lowest BCUT2D eigenvalue weighted by Crippen LogP contribution is -2.29. The first-order valence-corrected chi connectivity index (χ1v) is 13.5. The van der Waals surface area contributed by atoms with E-state index in [0.717, 1.165) is 5.56 Å². The Kier molecular flexibility index (Phi) is 8.67. The molecule has 1 amide bonds. The molecule has 0 spiro atoms. The molecule has 1 unspecified atom stereocenters. The van der Waals surface area contributed by atoms with E-state index in [9.17, 15) is 19.8 Å². The van der Waals surface area contributed by atoms with E-state index in [1.54, 1.807) is 49.4 Å². The summed E-state index contributed by atoms with van der Waals surface area (Å²) in [6, 6.07) is 16.0. The summed E-state index contributed by atoms with van der Waals surface area (Å²) in [6.07, 6.45) is 0. The Morgan fingerprint density at radius 2 is 1.50 bits per heavy atom. The summed E-state index contributed by atoms with van der Waals surface area (Å²) in [5.41, 5.74) is 2.22. The van der Waals surface area contributed by atoms with E-state index in [4.69, 9.17) is 14.2 Å². The lowest BCUT2D eigenvalue weighted by molar-refractivity contribution is -0.132. The van der Waals surface area contributed by atoms with E-state index in [2.05, 4.69) is 13.8 Å². The maximum atomic E-state index is 13.6. The van der Waals surface area contributed by atoms with Crippen LogP contribution in [0.1, 0.15) is 63.3 Å². The number of ketones is 1. The van der Waals surface area contributed by atoms with Crippen LogP contribution in [0.25, 0.3) is 5.76 Å². The summed E-state index contributed by atoms with van der Waals surface area (Å²) in [4.78, 5) is 28.6. The molecule has 0 aromatic heterocycles. The maximum Gasteiger partial charge on any atom is 0.300 e. The topological polar surface area (TPSA) is 106 Å². The number of phenols is 1. The zero-order valence-corrected chi connectivity index (χ0v) is 23.4. The quantitative estimate of drug-likeness (QED) is 0.174. The molecular formula is C32H35NO7. The number of aromatic hydroxyl groups is 1. The maximum absolute atomic E-state index is 13.6. The van der Waals surface area contributed by atoms with Crippen LogP contribution in [0.2, 0.25) is 0 Å². The third kappa shape index (κ3) is 5.47. The molecule has 210 valence electrons. The SMILES string of the molecule is CCOc1ccc(/C(O)=C2\C(=O)C(=O)N(c3ccc(C(C)C)cc3)C2c2ccc(O)c(OCC)c2)c(OCC)c1. The third-order valence-corrected chi connectivity index (χ3v) is 6.70. The van der Waals surface area contributed by atoms with Crippen LogP contribution in [0.5, 0.6) is 23.0 Å². The number of aliphatic hydroxyl groups is 1. The van der Waals surface area contributed by atoms with Crippen molar-refractivity contribution in [3.63, 3.8) is 0 Å². The van der Waals surface area contributed by atoms with Crippen molar-refractivity contribution in [2.45, 2.75) is 46.6 Å². The Hall–Kier alpha value is -4.46. The van der Waals surface area contributed by atoms with Gasteiger partial charge in [-0.2, -0.15) is 0 Å². The van der Waals surface area contributed by atoms with Gasteiger partial charge in [0.25, 0.3) is 11.7 Å². The standard InChI is InChI=1S/C32H35NO7/c1-6-38-23-14-15-24(26(18-23)39-7-2)30(35)28-29(21-11-16-25(34)27(17-21)40-8-3)33(32(37)31(28)36)22-12-9-20(10-13-22)19(4)5/h9-19,29,34-35H,6-8H2,1-5H3/b30-28+. The number of rotatable bonds is 10. The summed E-state index contributed by atoms with van der Waals surface area (Å²) in [6.45, 7) is 10.7. The molecule has 0 saturated carbocycles. The summed E-state index contributed by atoms with van der Waals surface area (Å²) >= 11 is 0. The van der Waals surface area contributed by atoms with Crippen molar-refractivity contribution >= 4 is 23.1 Å². The van der Waals surface area contributed by atoms with Gasteiger partial charge in [-0.05, 0) is 74.2 Å². The first-order chi connectivity index (χ1) is 19.2. The fraction of sp³-hybridized carbons (Fsp3) is 0.312. The van der Waals surface area contributed by atoms with Gasteiger partial charge in [-0.25, -0.2) is 0 Å². The number of benzene rings is 3. The van der Waals surface area contributed by atoms with Gasteiger partial charge >= 0.3 is 0 Å². The van der Waals surface area contributed by atoms with Crippen molar-refractivity contribution in [2.24, 2.45) is 0 Å². The molecule has 4 rings (SSSR count). The molecular weight excluding hydrogens is 510 g/mol. The molecule has 8 nitrogen and oxygen atoms in total. The highest BCUT2D eigenvalue weighted by Gasteiger charge is 2.47. The molecule has 3 aromatic carbocycles. The number of aliphatic hydroxyl groups excluding tert-OH is 1. The van der Waals surface area contributed by atoms with E-state index >= 15 is 0 Å². The average Bonchev–Trinajstić information content (AvgIpc) is 3.20. The van der Waals surface area contributed by atoms with Crippen molar-refractivity contribution in [3.8, 4) is 23.0 Å². The van der Waals surface area contributed by atoms with Gasteiger partial charge in [0, 0.05) is 11.8 Å². The molecule has 1 saturated heterocycles. The number of nitrogens with zero attached hydrogens (tertiary/aromatic N) is 1. The minimum Gasteiger partial charge on any atom is -0.507 e. The van der Waals surface area contributed by atoms with Crippen LogP contribution in [-0.2, 0) is 9.59 Å². The molecule has 1 atom stereocenters. The van der Waals surface area contributed by atoms with Crippen molar-refractivity contribution in [2.75, 3.05) is 24.7 Å². The van der Waals surface area contributed by atoms with Gasteiger partial charge in [-0.1, -0.05) is 32.0 Å². The van der Waals surface area contributed by atoms with Gasteiger partial charge in [-0.15, -0.1) is 0 Å². The number of phenolic OH excluding ortho intramolecular Hbond substituents is 1. The second-order valence-corrected chi connectivity index (χ2v) is 9.60. The van der Waals surface area contributed by atoms with Gasteiger partial charge in [0.15, 0.2) is 11.5 Å². The molecule has 40 heavy (non-hydrogen) atoms. The molecule has 3 aromatic rings. The normalized spacial score (nSPS) is 16.4. The van der Waals surface area contributed by atoms with Gasteiger partial charge in [0.1, 0.15) is 17.3 Å². The number of hydrogen-bond acceptors (Lipinski definition) is 7. The zero-order valence-electron chi connectivity index (χ0n) is 23.4. The van der Waals surface area contributed by atoms with E-state index in [0.29, 0.717) is 42.6 Å². The van der Waals surface area contributed by atoms with Crippen molar-refractivity contribution < 1.29 is 34.0 Å². The Labute approximate surface area is 234 Å². The largest absolute Gasteiger partial charge is 0.507 e. The fourth-order valence-corrected chi connectivity index (χ4v) is 4.78. The Balaban J connectivity index is 1.95. The number of amides is 1. The second-order valence-electron chi connectivity index (χ2n) is 9.60. The molecule has 0 aliphatic carbocycles. The van der Waals surface area contributed by atoms with E-state index in [1.807, 2.05) is 26.0 Å². The molecule has 1 aliphatic heterocycles. The Morgan fingerprint density at radius 3 is 2.12 bits per heavy atom. The molecule has 1 aliphatic rings. The average molecular weight is 546 g/mol. The Bertz CT molecular complexity index is 1430. The number of ether oxygens (including phenoxy) is 3. The van der Waals surface area contributed by atoms with Gasteiger partial charge in [0.05, 0.1) is 37.0 Å². The van der Waals surface area contributed by atoms with Gasteiger partial charge in [-0.3, -0.25) is 14.5 Å². The fourth-order valence-electron chi connectivity index (χ4n) is 4.78. The van der Waals surface area contributed by atoms with Crippen LogP contribution in [0, 0.1) is 0 Å². The minimum absolute atomic E-state index is 0.0750. The number of carbonyl (C=O) groups is 2. The lowest BCUT2D eigenvalue weighted by atomic mass is 9.94. The van der Waals surface area contributed by atoms with Crippen LogP contribution in [0.4, 0.5) is 5.69 Å². The summed E-state index contributed by atoms with van der Waals surface area (Å²) in [5, 5.41) is 22.0. The van der Waals surface area contributed by atoms with Gasteiger partial charge in [0.2, 0.25) is 0 Å². The summed E-state index contributed by atoms with van der Waals surface area (Å²) in [5.74, 6) is -0.713. The highest BCUT2D eigenvalue weighted by molar-refractivity contribution is 6.51. The monoisotopic (exact) mass is 545 g/mol. The second kappa shape index (κ2) is 12.2. The molecule has 1 fully saturated rings.